The summed E-state index contributed by atoms with van der Waals surface area (Å²) in [5, 5.41) is 3.55. The summed E-state index contributed by atoms with van der Waals surface area (Å²) < 4.78 is 5.56. The lowest BCUT2D eigenvalue weighted by Gasteiger charge is -2.12. The Hall–Kier alpha value is -1.09. The highest BCUT2D eigenvalue weighted by Crippen LogP contribution is 2.18. The maximum absolute atomic E-state index is 5.56. The number of hydrogen-bond acceptors (Lipinski definition) is 3. The molecule has 1 N–H and O–H groups in total. The first-order valence-electron chi connectivity index (χ1n) is 6.59. The van der Waals surface area contributed by atoms with Gasteiger partial charge in [0.15, 0.2) is 0 Å². The molecule has 0 saturated heterocycles. The maximum Gasteiger partial charge on any atom is 0.137 e. The minimum atomic E-state index is 0.208. The quantitative estimate of drug-likeness (QED) is 0.850. The Labute approximate surface area is 104 Å². The highest BCUT2D eigenvalue weighted by Gasteiger charge is 2.13. The molecular formula is C14H22N2O. The molecule has 1 aromatic heterocycles. The van der Waals surface area contributed by atoms with Gasteiger partial charge in [0.25, 0.3) is 0 Å². The van der Waals surface area contributed by atoms with Crippen molar-refractivity contribution in [3.63, 3.8) is 0 Å². The Kier molecular flexibility index (Phi) is 4.37. The molecule has 0 aliphatic heterocycles. The monoisotopic (exact) mass is 234 g/mol. The van der Waals surface area contributed by atoms with E-state index in [4.69, 9.17) is 4.74 Å². The summed E-state index contributed by atoms with van der Waals surface area (Å²) in [7, 11) is 0. The molecule has 0 bridgehead atoms. The molecular weight excluding hydrogens is 212 g/mol. The fraction of sp³-hybridized carbons (Fsp3) is 0.643. The van der Waals surface area contributed by atoms with Crippen LogP contribution in [0.3, 0.4) is 0 Å². The van der Waals surface area contributed by atoms with Crippen LogP contribution in [0.1, 0.15) is 45.2 Å². The zero-order valence-corrected chi connectivity index (χ0v) is 10.8. The highest BCUT2D eigenvalue weighted by atomic mass is 16.5. The number of pyridine rings is 1. The zero-order valence-electron chi connectivity index (χ0n) is 10.8. The number of rotatable bonds is 5. The lowest BCUT2D eigenvalue weighted by Crippen LogP contribution is -2.25. The minimum absolute atomic E-state index is 0.208. The molecule has 0 radical (unpaired) electrons. The fourth-order valence-electron chi connectivity index (χ4n) is 2.24. The highest BCUT2D eigenvalue weighted by molar-refractivity contribution is 5.20. The van der Waals surface area contributed by atoms with Crippen molar-refractivity contribution in [1.82, 2.24) is 10.3 Å². The Morgan fingerprint density at radius 3 is 2.71 bits per heavy atom. The average Bonchev–Trinajstić information content (AvgIpc) is 2.80. The van der Waals surface area contributed by atoms with Crippen molar-refractivity contribution in [2.45, 2.75) is 58.2 Å². The number of hydrogen-bond donors (Lipinski definition) is 1. The molecule has 0 unspecified atom stereocenters. The van der Waals surface area contributed by atoms with E-state index in [0.717, 1.165) is 18.0 Å². The fourth-order valence-corrected chi connectivity index (χ4v) is 2.24. The van der Waals surface area contributed by atoms with Crippen molar-refractivity contribution in [2.75, 3.05) is 0 Å². The predicted octanol–water partition coefficient (Wildman–Crippen LogP) is 2.90. The second kappa shape index (κ2) is 6.01. The first kappa shape index (κ1) is 12.4. The minimum Gasteiger partial charge on any atom is -0.489 e. The van der Waals surface area contributed by atoms with Crippen LogP contribution in [0.15, 0.2) is 18.3 Å². The van der Waals surface area contributed by atoms with Crippen LogP contribution in [0.4, 0.5) is 0 Å². The Balaban J connectivity index is 1.80. The van der Waals surface area contributed by atoms with Crippen LogP contribution in [0, 0.1) is 0 Å². The van der Waals surface area contributed by atoms with Gasteiger partial charge in [-0.05, 0) is 38.8 Å². The van der Waals surface area contributed by atoms with Gasteiger partial charge >= 0.3 is 0 Å². The summed E-state index contributed by atoms with van der Waals surface area (Å²) in [4.78, 5) is 4.41. The van der Waals surface area contributed by atoms with Gasteiger partial charge in [-0.25, -0.2) is 0 Å². The standard InChI is InChI=1S/C14H22N2O/c1-11(2)17-14-8-7-13(16-10-14)9-15-12-5-3-4-6-12/h7-8,10-12,15H,3-6,9H2,1-2H3. The van der Waals surface area contributed by atoms with E-state index in [-0.39, 0.29) is 6.10 Å². The average molecular weight is 234 g/mol. The number of nitrogens with zero attached hydrogens (tertiary/aromatic N) is 1. The van der Waals surface area contributed by atoms with Gasteiger partial charge < -0.3 is 10.1 Å². The summed E-state index contributed by atoms with van der Waals surface area (Å²) in [5.74, 6) is 0.851. The van der Waals surface area contributed by atoms with Crippen LogP contribution in [0.5, 0.6) is 5.75 Å². The smallest absolute Gasteiger partial charge is 0.137 e. The SMILES string of the molecule is CC(C)Oc1ccc(CNC2CCCC2)nc1. The molecule has 0 amide bonds. The summed E-state index contributed by atoms with van der Waals surface area (Å²) in [6.45, 7) is 4.91. The topological polar surface area (TPSA) is 34.1 Å². The van der Waals surface area contributed by atoms with Gasteiger partial charge in [0.05, 0.1) is 18.0 Å². The number of aromatic nitrogens is 1. The van der Waals surface area contributed by atoms with Gasteiger partial charge in [0.1, 0.15) is 5.75 Å². The zero-order chi connectivity index (χ0) is 12.1. The third-order valence-electron chi connectivity index (χ3n) is 3.10. The van der Waals surface area contributed by atoms with Gasteiger partial charge in [-0.2, -0.15) is 0 Å². The molecule has 1 aromatic rings. The molecule has 3 heteroatoms. The van der Waals surface area contributed by atoms with Crippen LogP contribution >= 0.6 is 0 Å². The third-order valence-corrected chi connectivity index (χ3v) is 3.10. The molecule has 0 spiro atoms. The van der Waals surface area contributed by atoms with Crippen molar-refractivity contribution in [1.29, 1.82) is 0 Å². The molecule has 1 heterocycles. The van der Waals surface area contributed by atoms with E-state index in [9.17, 15) is 0 Å². The summed E-state index contributed by atoms with van der Waals surface area (Å²) in [6.07, 6.45) is 7.38. The molecule has 0 atom stereocenters. The molecule has 2 rings (SSSR count). The molecule has 1 saturated carbocycles. The molecule has 1 fully saturated rings. The van der Waals surface area contributed by atoms with Crippen molar-refractivity contribution in [3.05, 3.63) is 24.0 Å². The molecule has 1 aliphatic rings. The van der Waals surface area contributed by atoms with Crippen LogP contribution in [0.25, 0.3) is 0 Å². The van der Waals surface area contributed by atoms with Crippen molar-refractivity contribution >= 4 is 0 Å². The predicted molar refractivity (Wildman–Crippen MR) is 69.1 cm³/mol. The summed E-state index contributed by atoms with van der Waals surface area (Å²) in [5.41, 5.74) is 1.09. The van der Waals surface area contributed by atoms with E-state index in [1.54, 1.807) is 0 Å². The second-order valence-electron chi connectivity index (χ2n) is 5.01. The van der Waals surface area contributed by atoms with E-state index < -0.39 is 0 Å². The van der Waals surface area contributed by atoms with Crippen molar-refractivity contribution in [2.24, 2.45) is 0 Å². The number of nitrogens with one attached hydrogen (secondary N) is 1. The van der Waals surface area contributed by atoms with Gasteiger partial charge in [0, 0.05) is 12.6 Å². The largest absolute Gasteiger partial charge is 0.489 e. The first-order chi connectivity index (χ1) is 8.24. The second-order valence-corrected chi connectivity index (χ2v) is 5.01. The van der Waals surface area contributed by atoms with Gasteiger partial charge in [-0.1, -0.05) is 12.8 Å². The first-order valence-corrected chi connectivity index (χ1v) is 6.59. The van der Waals surface area contributed by atoms with Crippen molar-refractivity contribution < 1.29 is 4.74 Å². The van der Waals surface area contributed by atoms with Crippen LogP contribution in [-0.2, 0) is 6.54 Å². The molecule has 17 heavy (non-hydrogen) atoms. The van der Waals surface area contributed by atoms with E-state index in [1.165, 1.54) is 25.7 Å². The van der Waals surface area contributed by atoms with E-state index >= 15 is 0 Å². The molecule has 3 nitrogen and oxygen atoms in total. The summed E-state index contributed by atoms with van der Waals surface area (Å²) >= 11 is 0. The Bertz CT molecular complexity index is 329. The lowest BCUT2D eigenvalue weighted by atomic mass is 10.2. The van der Waals surface area contributed by atoms with E-state index in [0.29, 0.717) is 6.04 Å². The molecule has 0 aromatic carbocycles. The maximum atomic E-state index is 5.56. The third kappa shape index (κ3) is 4.00. The van der Waals surface area contributed by atoms with E-state index in [2.05, 4.69) is 10.3 Å². The number of ether oxygens (including phenoxy) is 1. The van der Waals surface area contributed by atoms with Gasteiger partial charge in [-0.3, -0.25) is 4.98 Å². The van der Waals surface area contributed by atoms with Gasteiger partial charge in [0.2, 0.25) is 0 Å². The van der Waals surface area contributed by atoms with E-state index in [1.807, 2.05) is 32.2 Å². The molecule has 94 valence electrons. The van der Waals surface area contributed by atoms with Crippen molar-refractivity contribution in [3.8, 4) is 5.75 Å². The molecule has 1 aliphatic carbocycles. The van der Waals surface area contributed by atoms with Crippen LogP contribution < -0.4 is 10.1 Å². The normalized spacial score (nSPS) is 16.6. The Morgan fingerprint density at radius 1 is 1.35 bits per heavy atom. The lowest BCUT2D eigenvalue weighted by molar-refractivity contribution is 0.241. The Morgan fingerprint density at radius 2 is 2.12 bits per heavy atom. The van der Waals surface area contributed by atoms with Gasteiger partial charge in [-0.15, -0.1) is 0 Å². The van der Waals surface area contributed by atoms with Crippen LogP contribution in [0.2, 0.25) is 0 Å². The summed E-state index contributed by atoms with van der Waals surface area (Å²) in [6, 6.07) is 4.74. The van der Waals surface area contributed by atoms with Crippen LogP contribution in [-0.4, -0.2) is 17.1 Å².